The second-order valence-electron chi connectivity index (χ2n) is 8.87. The van der Waals surface area contributed by atoms with E-state index in [1.807, 2.05) is 36.4 Å². The summed E-state index contributed by atoms with van der Waals surface area (Å²) in [5.41, 5.74) is 15.2. The molecule has 0 saturated carbocycles. The minimum Gasteiger partial charge on any atom is -0.467 e. The Morgan fingerprint density at radius 3 is 2.27 bits per heavy atom. The largest absolute Gasteiger partial charge is 0.467 e. The molecule has 0 aromatic heterocycles. The fourth-order valence-corrected chi connectivity index (χ4v) is 4.56. The van der Waals surface area contributed by atoms with Gasteiger partial charge >= 0.3 is 11.9 Å². The minimum absolute atomic E-state index is 0.0470. The standard InChI is InChI=1S/C28H34N4O5/c1-3-9-24(27(35)36-2)32-26(34)18(10-8-15-31-28(29)30)16-25(33)37-17-23-21-13-6-4-11-19(21)20-12-5-7-14-22(20)23/h3-7,11-14,18,23-24H,1,8-10,15-17H2,2H3,(H,32,34)(H4,29,30,31)/t18-,24-/m1/s1. The van der Waals surface area contributed by atoms with Crippen LogP contribution in [-0.4, -0.2) is 50.1 Å². The molecule has 9 heteroatoms. The number of guanidine groups is 1. The van der Waals surface area contributed by atoms with Gasteiger partial charge < -0.3 is 26.3 Å². The summed E-state index contributed by atoms with van der Waals surface area (Å²) < 4.78 is 10.5. The van der Waals surface area contributed by atoms with Crippen LogP contribution in [-0.2, 0) is 23.9 Å². The normalized spacial score (nSPS) is 13.4. The van der Waals surface area contributed by atoms with Crippen molar-refractivity contribution in [3.8, 4) is 11.1 Å². The van der Waals surface area contributed by atoms with Crippen LogP contribution in [0.4, 0.5) is 0 Å². The van der Waals surface area contributed by atoms with Gasteiger partial charge in [-0.25, -0.2) is 4.79 Å². The molecule has 0 heterocycles. The van der Waals surface area contributed by atoms with E-state index >= 15 is 0 Å². The Hall–Kier alpha value is -4.14. The number of ether oxygens (including phenoxy) is 2. The van der Waals surface area contributed by atoms with Crippen molar-refractivity contribution in [1.82, 2.24) is 5.32 Å². The maximum atomic E-state index is 13.1. The molecule has 1 aliphatic rings. The molecule has 2 aromatic carbocycles. The number of nitrogens with one attached hydrogen (secondary N) is 1. The van der Waals surface area contributed by atoms with Gasteiger partial charge in [-0.3, -0.25) is 14.6 Å². The number of nitrogens with two attached hydrogens (primary N) is 2. The number of aliphatic imine (C=N–C) groups is 1. The number of hydrogen-bond acceptors (Lipinski definition) is 6. The Bertz CT molecular complexity index is 1110. The average molecular weight is 507 g/mol. The van der Waals surface area contributed by atoms with Gasteiger partial charge in [0.1, 0.15) is 12.6 Å². The Morgan fingerprint density at radius 2 is 1.70 bits per heavy atom. The van der Waals surface area contributed by atoms with Crippen molar-refractivity contribution in [3.63, 3.8) is 0 Å². The summed E-state index contributed by atoms with van der Waals surface area (Å²) in [5.74, 6) is -2.40. The lowest BCUT2D eigenvalue weighted by molar-refractivity contribution is -0.148. The van der Waals surface area contributed by atoms with Crippen LogP contribution in [0.1, 0.15) is 42.7 Å². The molecule has 3 rings (SSSR count). The fourth-order valence-electron chi connectivity index (χ4n) is 4.56. The van der Waals surface area contributed by atoms with Crippen molar-refractivity contribution in [3.05, 3.63) is 72.3 Å². The van der Waals surface area contributed by atoms with E-state index in [4.69, 9.17) is 20.9 Å². The van der Waals surface area contributed by atoms with Crippen LogP contribution < -0.4 is 16.8 Å². The lowest BCUT2D eigenvalue weighted by Crippen LogP contribution is -2.44. The van der Waals surface area contributed by atoms with Crippen molar-refractivity contribution in [2.75, 3.05) is 20.3 Å². The van der Waals surface area contributed by atoms with Crippen LogP contribution in [0.3, 0.4) is 0 Å². The number of nitrogens with zero attached hydrogens (tertiary/aromatic N) is 1. The van der Waals surface area contributed by atoms with Crippen LogP contribution in [0.15, 0.2) is 66.2 Å². The first-order chi connectivity index (χ1) is 17.8. The highest BCUT2D eigenvalue weighted by Gasteiger charge is 2.31. The van der Waals surface area contributed by atoms with Crippen molar-refractivity contribution in [1.29, 1.82) is 0 Å². The second-order valence-corrected chi connectivity index (χ2v) is 8.87. The SMILES string of the molecule is C=CC[C@@H](NC(=O)[C@H](CCCN=C(N)N)CC(=O)OCC1c2ccccc2-c2ccccc21)C(=O)OC. The average Bonchev–Trinajstić information content (AvgIpc) is 3.22. The Morgan fingerprint density at radius 1 is 1.08 bits per heavy atom. The van der Waals surface area contributed by atoms with Gasteiger partial charge in [0.15, 0.2) is 5.96 Å². The van der Waals surface area contributed by atoms with Gasteiger partial charge in [0, 0.05) is 18.4 Å². The Labute approximate surface area is 216 Å². The van der Waals surface area contributed by atoms with Crippen LogP contribution in [0.25, 0.3) is 11.1 Å². The van der Waals surface area contributed by atoms with Crippen LogP contribution >= 0.6 is 0 Å². The molecule has 0 bridgehead atoms. The lowest BCUT2D eigenvalue weighted by Gasteiger charge is -2.21. The predicted octanol–water partition coefficient (Wildman–Crippen LogP) is 2.64. The van der Waals surface area contributed by atoms with Crippen molar-refractivity contribution >= 4 is 23.8 Å². The first-order valence-corrected chi connectivity index (χ1v) is 12.2. The lowest BCUT2D eigenvalue weighted by atomic mass is 9.97. The third-order valence-electron chi connectivity index (χ3n) is 6.37. The number of hydrogen-bond donors (Lipinski definition) is 3. The quantitative estimate of drug-likeness (QED) is 0.124. The maximum Gasteiger partial charge on any atom is 0.328 e. The molecular weight excluding hydrogens is 472 g/mol. The van der Waals surface area contributed by atoms with Crippen molar-refractivity contribution in [2.24, 2.45) is 22.4 Å². The van der Waals surface area contributed by atoms with Gasteiger partial charge in [-0.2, -0.15) is 0 Å². The monoisotopic (exact) mass is 506 g/mol. The highest BCUT2D eigenvalue weighted by atomic mass is 16.5. The second kappa shape index (κ2) is 13.2. The number of amides is 1. The highest BCUT2D eigenvalue weighted by Crippen LogP contribution is 2.44. The molecule has 9 nitrogen and oxygen atoms in total. The van der Waals surface area contributed by atoms with Gasteiger partial charge in [-0.05, 0) is 41.5 Å². The number of carbonyl (C=O) groups excluding carboxylic acids is 3. The molecular formula is C28H34N4O5. The predicted molar refractivity (Wildman–Crippen MR) is 141 cm³/mol. The van der Waals surface area contributed by atoms with Crippen LogP contribution in [0, 0.1) is 5.92 Å². The fraction of sp³-hybridized carbons (Fsp3) is 0.357. The van der Waals surface area contributed by atoms with Gasteiger partial charge in [0.05, 0.1) is 13.5 Å². The van der Waals surface area contributed by atoms with E-state index in [2.05, 4.69) is 29.0 Å². The molecule has 1 amide bonds. The van der Waals surface area contributed by atoms with Crippen LogP contribution in [0.5, 0.6) is 0 Å². The van der Waals surface area contributed by atoms with Crippen molar-refractivity contribution < 1.29 is 23.9 Å². The Balaban J connectivity index is 1.67. The number of methoxy groups -OCH3 is 1. The summed E-state index contributed by atoms with van der Waals surface area (Å²) in [4.78, 5) is 41.9. The number of esters is 2. The molecule has 0 spiro atoms. The molecule has 0 saturated heterocycles. The third kappa shape index (κ3) is 7.19. The molecule has 0 fully saturated rings. The zero-order valence-corrected chi connectivity index (χ0v) is 21.0. The summed E-state index contributed by atoms with van der Waals surface area (Å²) in [6, 6.07) is 15.2. The zero-order valence-electron chi connectivity index (χ0n) is 21.0. The molecule has 1 aliphatic carbocycles. The summed E-state index contributed by atoms with van der Waals surface area (Å²) in [6.45, 7) is 4.09. The molecule has 2 atom stereocenters. The number of rotatable bonds is 13. The topological polar surface area (TPSA) is 146 Å². The first-order valence-electron chi connectivity index (χ1n) is 12.2. The van der Waals surface area contributed by atoms with Gasteiger partial charge in [0.2, 0.25) is 5.91 Å². The van der Waals surface area contributed by atoms with E-state index in [1.165, 1.54) is 13.2 Å². The number of fused-ring (bicyclic) bond motifs is 3. The van der Waals surface area contributed by atoms with E-state index in [-0.39, 0.29) is 31.3 Å². The maximum absolute atomic E-state index is 13.1. The molecule has 0 unspecified atom stereocenters. The first kappa shape index (κ1) is 27.4. The molecule has 5 N–H and O–H groups in total. The Kier molecular flexibility index (Phi) is 9.83. The highest BCUT2D eigenvalue weighted by molar-refractivity contribution is 5.88. The minimum atomic E-state index is -0.891. The van der Waals surface area contributed by atoms with E-state index < -0.39 is 29.8 Å². The molecule has 0 aliphatic heterocycles. The van der Waals surface area contributed by atoms with E-state index in [0.717, 1.165) is 22.3 Å². The summed E-state index contributed by atoms with van der Waals surface area (Å²) >= 11 is 0. The number of carbonyl (C=O) groups is 3. The van der Waals surface area contributed by atoms with Crippen LogP contribution in [0.2, 0.25) is 0 Å². The van der Waals surface area contributed by atoms with Crippen molar-refractivity contribution in [2.45, 2.75) is 37.6 Å². The molecule has 196 valence electrons. The van der Waals surface area contributed by atoms with E-state index in [0.29, 0.717) is 19.4 Å². The summed E-state index contributed by atoms with van der Waals surface area (Å²) in [5, 5.41) is 2.67. The van der Waals surface area contributed by atoms with E-state index in [1.54, 1.807) is 0 Å². The smallest absolute Gasteiger partial charge is 0.328 e. The summed E-state index contributed by atoms with van der Waals surface area (Å²) in [7, 11) is 1.24. The molecule has 2 aromatic rings. The summed E-state index contributed by atoms with van der Waals surface area (Å²) in [6.07, 6.45) is 2.36. The van der Waals surface area contributed by atoms with Gasteiger partial charge in [0.25, 0.3) is 0 Å². The number of benzene rings is 2. The van der Waals surface area contributed by atoms with E-state index in [9.17, 15) is 14.4 Å². The van der Waals surface area contributed by atoms with Gasteiger partial charge in [-0.1, -0.05) is 54.6 Å². The third-order valence-corrected chi connectivity index (χ3v) is 6.37. The molecule has 37 heavy (non-hydrogen) atoms. The molecule has 0 radical (unpaired) electrons. The van der Waals surface area contributed by atoms with Gasteiger partial charge in [-0.15, -0.1) is 6.58 Å². The zero-order chi connectivity index (χ0) is 26.8.